The van der Waals surface area contributed by atoms with Gasteiger partial charge in [0.2, 0.25) is 0 Å². The van der Waals surface area contributed by atoms with Crippen molar-refractivity contribution in [3.05, 3.63) is 0 Å². The number of hydrogen-bond donors (Lipinski definition) is 1. The monoisotopic (exact) mass is 292 g/mol. The summed E-state index contributed by atoms with van der Waals surface area (Å²) in [5.74, 6) is 3.04. The van der Waals surface area contributed by atoms with Gasteiger partial charge in [0.05, 0.1) is 0 Å². The SMILES string of the molecule is CC1CCC(CNC(C)C)(CN2CC3CCCC3C2)CC1. The molecule has 2 nitrogen and oxygen atoms in total. The fraction of sp³-hybridized carbons (Fsp3) is 1.00. The minimum atomic E-state index is 0.565. The molecule has 0 aromatic heterocycles. The Morgan fingerprint density at radius 1 is 1.05 bits per heavy atom. The average Bonchev–Trinajstić information content (AvgIpc) is 3.01. The maximum atomic E-state index is 3.77. The van der Waals surface area contributed by atoms with Crippen LogP contribution in [0.1, 0.15) is 65.7 Å². The van der Waals surface area contributed by atoms with E-state index in [1.165, 1.54) is 71.1 Å². The van der Waals surface area contributed by atoms with Gasteiger partial charge in [-0.2, -0.15) is 0 Å². The fourth-order valence-electron chi connectivity index (χ4n) is 5.12. The molecule has 0 bridgehead atoms. The third kappa shape index (κ3) is 3.82. The number of likely N-dealkylation sites (tertiary alicyclic amines) is 1. The van der Waals surface area contributed by atoms with Gasteiger partial charge < -0.3 is 10.2 Å². The lowest BCUT2D eigenvalue weighted by atomic mass is 9.70. The Labute approximate surface area is 132 Å². The smallest absolute Gasteiger partial charge is 0.00504 e. The van der Waals surface area contributed by atoms with Gasteiger partial charge in [-0.05, 0) is 48.9 Å². The average molecular weight is 293 g/mol. The van der Waals surface area contributed by atoms with Crippen molar-refractivity contribution < 1.29 is 0 Å². The summed E-state index contributed by atoms with van der Waals surface area (Å²) in [5, 5.41) is 3.77. The van der Waals surface area contributed by atoms with Crippen molar-refractivity contribution >= 4 is 0 Å². The van der Waals surface area contributed by atoms with Crippen LogP contribution in [0.25, 0.3) is 0 Å². The minimum absolute atomic E-state index is 0.565. The minimum Gasteiger partial charge on any atom is -0.314 e. The molecule has 122 valence electrons. The number of rotatable bonds is 5. The molecule has 2 atom stereocenters. The molecule has 1 heterocycles. The second-order valence-electron chi connectivity index (χ2n) is 8.86. The first kappa shape index (κ1) is 15.8. The summed E-state index contributed by atoms with van der Waals surface area (Å²) < 4.78 is 0. The van der Waals surface area contributed by atoms with Crippen LogP contribution in [0.4, 0.5) is 0 Å². The zero-order chi connectivity index (χ0) is 14.9. The largest absolute Gasteiger partial charge is 0.314 e. The Hall–Kier alpha value is -0.0800. The van der Waals surface area contributed by atoms with E-state index in [4.69, 9.17) is 0 Å². The second kappa shape index (κ2) is 6.58. The van der Waals surface area contributed by atoms with Gasteiger partial charge in [-0.25, -0.2) is 0 Å². The highest BCUT2D eigenvalue weighted by Gasteiger charge is 2.41. The number of nitrogens with one attached hydrogen (secondary N) is 1. The van der Waals surface area contributed by atoms with Crippen molar-refractivity contribution in [2.75, 3.05) is 26.2 Å². The summed E-state index contributed by atoms with van der Waals surface area (Å²) in [5.41, 5.74) is 0.565. The number of nitrogens with zero attached hydrogens (tertiary/aromatic N) is 1. The molecule has 0 spiro atoms. The summed E-state index contributed by atoms with van der Waals surface area (Å²) in [4.78, 5) is 2.84. The maximum absolute atomic E-state index is 3.77. The molecule has 0 aromatic carbocycles. The van der Waals surface area contributed by atoms with Crippen LogP contribution in [0, 0.1) is 23.2 Å². The topological polar surface area (TPSA) is 15.3 Å². The first-order chi connectivity index (χ1) is 10.1. The highest BCUT2D eigenvalue weighted by Crippen LogP contribution is 2.43. The third-order valence-electron chi connectivity index (χ3n) is 6.58. The highest BCUT2D eigenvalue weighted by atomic mass is 15.2. The van der Waals surface area contributed by atoms with Crippen molar-refractivity contribution in [2.24, 2.45) is 23.2 Å². The summed E-state index contributed by atoms with van der Waals surface area (Å²) in [7, 11) is 0. The first-order valence-electron chi connectivity index (χ1n) is 9.52. The molecule has 0 radical (unpaired) electrons. The molecule has 0 amide bonds. The van der Waals surface area contributed by atoms with Gasteiger partial charge in [-0.1, -0.05) is 40.0 Å². The Bertz CT molecular complexity index is 318. The van der Waals surface area contributed by atoms with Gasteiger partial charge in [-0.3, -0.25) is 0 Å². The molecular weight excluding hydrogens is 256 g/mol. The second-order valence-corrected chi connectivity index (χ2v) is 8.86. The normalized spacial score (nSPS) is 40.9. The van der Waals surface area contributed by atoms with Crippen LogP contribution < -0.4 is 5.32 Å². The van der Waals surface area contributed by atoms with Crippen LogP contribution in [0.2, 0.25) is 0 Å². The summed E-state index contributed by atoms with van der Waals surface area (Å²) in [6, 6.07) is 0.624. The molecule has 2 saturated carbocycles. The molecule has 3 rings (SSSR count). The van der Waals surface area contributed by atoms with E-state index in [0.717, 1.165) is 17.8 Å². The number of hydrogen-bond acceptors (Lipinski definition) is 2. The molecule has 2 heteroatoms. The van der Waals surface area contributed by atoms with Crippen molar-refractivity contribution in [1.29, 1.82) is 0 Å². The molecule has 3 aliphatic rings. The summed E-state index contributed by atoms with van der Waals surface area (Å²) in [6.07, 6.45) is 10.3. The van der Waals surface area contributed by atoms with Gasteiger partial charge in [0.25, 0.3) is 0 Å². The Morgan fingerprint density at radius 2 is 1.67 bits per heavy atom. The lowest BCUT2D eigenvalue weighted by Gasteiger charge is -2.43. The Balaban J connectivity index is 1.59. The van der Waals surface area contributed by atoms with E-state index < -0.39 is 0 Å². The van der Waals surface area contributed by atoms with Crippen LogP contribution in [0.5, 0.6) is 0 Å². The zero-order valence-electron chi connectivity index (χ0n) is 14.5. The molecular formula is C19H36N2. The standard InChI is InChI=1S/C19H36N2/c1-15(2)20-13-19(9-7-16(3)8-10-19)14-21-11-17-5-4-6-18(17)12-21/h15-18,20H,4-14H2,1-3H3. The van der Waals surface area contributed by atoms with Gasteiger partial charge in [0.1, 0.15) is 0 Å². The van der Waals surface area contributed by atoms with Crippen molar-refractivity contribution in [1.82, 2.24) is 10.2 Å². The predicted octanol–water partition coefficient (Wildman–Crippen LogP) is 3.91. The maximum Gasteiger partial charge on any atom is 0.00504 e. The van der Waals surface area contributed by atoms with Gasteiger partial charge in [0.15, 0.2) is 0 Å². The van der Waals surface area contributed by atoms with E-state index in [1.54, 1.807) is 0 Å². The summed E-state index contributed by atoms with van der Waals surface area (Å²) in [6.45, 7) is 12.4. The molecule has 3 fully saturated rings. The summed E-state index contributed by atoms with van der Waals surface area (Å²) >= 11 is 0. The number of fused-ring (bicyclic) bond motifs is 1. The third-order valence-corrected chi connectivity index (χ3v) is 6.58. The van der Waals surface area contributed by atoms with Crippen molar-refractivity contribution in [2.45, 2.75) is 71.8 Å². The Kier molecular flexibility index (Phi) is 4.95. The van der Waals surface area contributed by atoms with Crippen LogP contribution in [-0.4, -0.2) is 37.1 Å². The molecule has 2 unspecified atom stereocenters. The lowest BCUT2D eigenvalue weighted by molar-refractivity contribution is 0.0921. The van der Waals surface area contributed by atoms with Gasteiger partial charge in [0, 0.05) is 32.2 Å². The molecule has 0 aromatic rings. The molecule has 1 saturated heterocycles. The van der Waals surface area contributed by atoms with Crippen LogP contribution in [-0.2, 0) is 0 Å². The molecule has 2 aliphatic carbocycles. The van der Waals surface area contributed by atoms with E-state index >= 15 is 0 Å². The van der Waals surface area contributed by atoms with Crippen LogP contribution in [0.15, 0.2) is 0 Å². The van der Waals surface area contributed by atoms with E-state index in [-0.39, 0.29) is 0 Å². The van der Waals surface area contributed by atoms with Crippen LogP contribution >= 0.6 is 0 Å². The van der Waals surface area contributed by atoms with Crippen molar-refractivity contribution in [3.63, 3.8) is 0 Å². The van der Waals surface area contributed by atoms with Crippen molar-refractivity contribution in [3.8, 4) is 0 Å². The molecule has 21 heavy (non-hydrogen) atoms. The predicted molar refractivity (Wildman–Crippen MR) is 90.5 cm³/mol. The van der Waals surface area contributed by atoms with Crippen LogP contribution in [0.3, 0.4) is 0 Å². The first-order valence-corrected chi connectivity index (χ1v) is 9.52. The fourth-order valence-corrected chi connectivity index (χ4v) is 5.12. The van der Waals surface area contributed by atoms with Gasteiger partial charge in [-0.15, -0.1) is 0 Å². The zero-order valence-corrected chi connectivity index (χ0v) is 14.5. The molecule has 1 N–H and O–H groups in total. The van der Waals surface area contributed by atoms with Gasteiger partial charge >= 0.3 is 0 Å². The van der Waals surface area contributed by atoms with E-state index in [9.17, 15) is 0 Å². The van der Waals surface area contributed by atoms with E-state index in [1.807, 2.05) is 0 Å². The Morgan fingerprint density at radius 3 is 2.24 bits per heavy atom. The quantitative estimate of drug-likeness (QED) is 0.826. The molecule has 1 aliphatic heterocycles. The highest BCUT2D eigenvalue weighted by molar-refractivity contribution is 4.94. The van der Waals surface area contributed by atoms with E-state index in [2.05, 4.69) is 31.0 Å². The lowest BCUT2D eigenvalue weighted by Crippen LogP contribution is -2.47. The van der Waals surface area contributed by atoms with E-state index in [0.29, 0.717) is 11.5 Å².